The number of anilines is 3. The first-order valence-corrected chi connectivity index (χ1v) is 7.36. The Hall–Kier alpha value is -1.47. The maximum Gasteiger partial charge on any atom is 0.209 e. The molecule has 0 fully saturated rings. The van der Waals surface area contributed by atoms with Gasteiger partial charge in [0.05, 0.1) is 17.6 Å². The van der Waals surface area contributed by atoms with E-state index in [9.17, 15) is 8.42 Å². The molecule has 1 aromatic rings. The standard InChI is InChI=1S/C11H20N4O2S/c1-11(2,15-18(3,16)17)7-14-8-4-5-9(12)10(13)6-8/h4-6,14-15H,7,12-13H2,1-3H3. The third-order valence-electron chi connectivity index (χ3n) is 2.28. The monoisotopic (exact) mass is 272 g/mol. The van der Waals surface area contributed by atoms with Crippen molar-refractivity contribution < 1.29 is 8.42 Å². The summed E-state index contributed by atoms with van der Waals surface area (Å²) >= 11 is 0. The van der Waals surface area contributed by atoms with Crippen LogP contribution >= 0.6 is 0 Å². The SMILES string of the molecule is CC(C)(CNc1ccc(N)c(N)c1)NS(C)(=O)=O. The van der Waals surface area contributed by atoms with Crippen LogP contribution in [0.25, 0.3) is 0 Å². The zero-order valence-electron chi connectivity index (χ0n) is 10.8. The van der Waals surface area contributed by atoms with Gasteiger partial charge in [0.2, 0.25) is 10.0 Å². The highest BCUT2D eigenvalue weighted by Crippen LogP contribution is 2.20. The van der Waals surface area contributed by atoms with Gasteiger partial charge in [-0.15, -0.1) is 0 Å². The molecule has 6 N–H and O–H groups in total. The summed E-state index contributed by atoms with van der Waals surface area (Å²) in [6.45, 7) is 4.02. The second kappa shape index (κ2) is 5.03. The largest absolute Gasteiger partial charge is 0.397 e. The third kappa shape index (κ3) is 4.80. The van der Waals surface area contributed by atoms with Crippen molar-refractivity contribution in [3.8, 4) is 0 Å². The summed E-state index contributed by atoms with van der Waals surface area (Å²) in [5.41, 5.74) is 12.5. The number of benzene rings is 1. The lowest BCUT2D eigenvalue weighted by Gasteiger charge is -2.26. The van der Waals surface area contributed by atoms with E-state index in [0.29, 0.717) is 17.9 Å². The Bertz CT molecular complexity index is 526. The third-order valence-corrected chi connectivity index (χ3v) is 3.21. The number of hydrogen-bond acceptors (Lipinski definition) is 5. The molecule has 0 spiro atoms. The van der Waals surface area contributed by atoms with E-state index in [1.807, 2.05) is 0 Å². The number of nitrogens with two attached hydrogens (primary N) is 2. The molecule has 0 aliphatic rings. The molecule has 1 rings (SSSR count). The lowest BCUT2D eigenvalue weighted by Crippen LogP contribution is -2.47. The van der Waals surface area contributed by atoms with Gasteiger partial charge in [-0.05, 0) is 32.0 Å². The minimum atomic E-state index is -3.24. The van der Waals surface area contributed by atoms with Crippen LogP contribution in [0.2, 0.25) is 0 Å². The molecule has 18 heavy (non-hydrogen) atoms. The Morgan fingerprint density at radius 1 is 1.22 bits per heavy atom. The van der Waals surface area contributed by atoms with Crippen molar-refractivity contribution in [3.05, 3.63) is 18.2 Å². The number of sulfonamides is 1. The van der Waals surface area contributed by atoms with Crippen molar-refractivity contribution in [1.29, 1.82) is 0 Å². The van der Waals surface area contributed by atoms with Crippen LogP contribution in [0.4, 0.5) is 17.1 Å². The van der Waals surface area contributed by atoms with Crippen molar-refractivity contribution >= 4 is 27.1 Å². The Morgan fingerprint density at radius 3 is 2.33 bits per heavy atom. The molecule has 0 saturated carbocycles. The first-order chi connectivity index (χ1) is 8.09. The van der Waals surface area contributed by atoms with Crippen molar-refractivity contribution in [2.24, 2.45) is 0 Å². The van der Waals surface area contributed by atoms with Gasteiger partial charge in [-0.3, -0.25) is 0 Å². The van der Waals surface area contributed by atoms with Crippen LogP contribution in [-0.2, 0) is 10.0 Å². The molecule has 0 heterocycles. The first-order valence-electron chi connectivity index (χ1n) is 5.47. The van der Waals surface area contributed by atoms with Crippen LogP contribution in [0.3, 0.4) is 0 Å². The first kappa shape index (κ1) is 14.6. The van der Waals surface area contributed by atoms with Gasteiger partial charge in [-0.1, -0.05) is 0 Å². The van der Waals surface area contributed by atoms with Gasteiger partial charge in [-0.25, -0.2) is 13.1 Å². The van der Waals surface area contributed by atoms with Crippen LogP contribution in [0, 0.1) is 0 Å². The minimum Gasteiger partial charge on any atom is -0.397 e. The molecule has 0 aromatic heterocycles. The molecule has 0 radical (unpaired) electrons. The molecule has 6 nitrogen and oxygen atoms in total. The smallest absolute Gasteiger partial charge is 0.209 e. The van der Waals surface area contributed by atoms with Gasteiger partial charge in [0.1, 0.15) is 0 Å². The molecule has 0 aliphatic heterocycles. The summed E-state index contributed by atoms with van der Waals surface area (Å²) in [5.74, 6) is 0. The second-order valence-corrected chi connectivity index (χ2v) is 6.70. The Kier molecular flexibility index (Phi) is 4.08. The molecule has 1 aromatic carbocycles. The van der Waals surface area contributed by atoms with E-state index in [1.54, 1.807) is 32.0 Å². The van der Waals surface area contributed by atoms with Crippen LogP contribution in [0.15, 0.2) is 18.2 Å². The predicted molar refractivity (Wildman–Crippen MR) is 75.8 cm³/mol. The highest BCUT2D eigenvalue weighted by molar-refractivity contribution is 7.88. The van der Waals surface area contributed by atoms with E-state index in [4.69, 9.17) is 11.5 Å². The number of nitrogen functional groups attached to an aromatic ring is 2. The van der Waals surface area contributed by atoms with Crippen molar-refractivity contribution in [2.45, 2.75) is 19.4 Å². The quantitative estimate of drug-likeness (QED) is 0.586. The van der Waals surface area contributed by atoms with Gasteiger partial charge in [0, 0.05) is 17.8 Å². The molecule has 0 unspecified atom stereocenters. The molecule has 0 atom stereocenters. The summed E-state index contributed by atoms with van der Waals surface area (Å²) in [6.07, 6.45) is 1.13. The van der Waals surface area contributed by atoms with Crippen LogP contribution in [0.1, 0.15) is 13.8 Å². The second-order valence-electron chi connectivity index (χ2n) is 4.96. The van der Waals surface area contributed by atoms with E-state index >= 15 is 0 Å². The van der Waals surface area contributed by atoms with E-state index in [-0.39, 0.29) is 0 Å². The van der Waals surface area contributed by atoms with Crippen molar-refractivity contribution in [3.63, 3.8) is 0 Å². The molecular weight excluding hydrogens is 252 g/mol. The fourth-order valence-electron chi connectivity index (χ4n) is 1.55. The lowest BCUT2D eigenvalue weighted by atomic mass is 10.1. The average Bonchev–Trinajstić information content (AvgIpc) is 2.16. The van der Waals surface area contributed by atoms with Gasteiger partial charge >= 0.3 is 0 Å². The van der Waals surface area contributed by atoms with Gasteiger partial charge in [0.25, 0.3) is 0 Å². The fraction of sp³-hybridized carbons (Fsp3) is 0.455. The zero-order chi connectivity index (χ0) is 14.0. The highest BCUT2D eigenvalue weighted by Gasteiger charge is 2.21. The topological polar surface area (TPSA) is 110 Å². The summed E-state index contributed by atoms with van der Waals surface area (Å²) in [4.78, 5) is 0. The fourth-order valence-corrected chi connectivity index (χ4v) is 2.62. The predicted octanol–water partition coefficient (Wildman–Crippen LogP) is 0.591. The zero-order valence-corrected chi connectivity index (χ0v) is 11.6. The minimum absolute atomic E-state index is 0.434. The maximum absolute atomic E-state index is 11.2. The van der Waals surface area contributed by atoms with Crippen molar-refractivity contribution in [2.75, 3.05) is 29.6 Å². The van der Waals surface area contributed by atoms with Gasteiger partial charge < -0.3 is 16.8 Å². The number of nitrogens with one attached hydrogen (secondary N) is 2. The normalized spacial score (nSPS) is 12.4. The van der Waals surface area contributed by atoms with Gasteiger partial charge in [-0.2, -0.15) is 0 Å². The van der Waals surface area contributed by atoms with Crippen LogP contribution in [0.5, 0.6) is 0 Å². The summed E-state index contributed by atoms with van der Waals surface area (Å²) < 4.78 is 24.9. The molecule has 0 saturated heterocycles. The van der Waals surface area contributed by atoms with Crippen LogP contribution in [-0.4, -0.2) is 26.8 Å². The molecular formula is C11H20N4O2S. The Labute approximate surface area is 108 Å². The van der Waals surface area contributed by atoms with Crippen LogP contribution < -0.4 is 21.5 Å². The number of hydrogen-bond donors (Lipinski definition) is 4. The summed E-state index contributed by atoms with van der Waals surface area (Å²) in [6, 6.07) is 5.21. The van der Waals surface area contributed by atoms with E-state index in [2.05, 4.69) is 10.0 Å². The molecule has 0 aliphatic carbocycles. The highest BCUT2D eigenvalue weighted by atomic mass is 32.2. The Balaban J connectivity index is 2.67. The maximum atomic E-state index is 11.2. The Morgan fingerprint density at radius 2 is 1.83 bits per heavy atom. The molecule has 102 valence electrons. The number of rotatable bonds is 5. The molecule has 7 heteroatoms. The van der Waals surface area contributed by atoms with Gasteiger partial charge in [0.15, 0.2) is 0 Å². The summed E-state index contributed by atoms with van der Waals surface area (Å²) in [5, 5.41) is 3.11. The van der Waals surface area contributed by atoms with E-state index < -0.39 is 15.6 Å². The summed E-state index contributed by atoms with van der Waals surface area (Å²) in [7, 11) is -3.24. The average molecular weight is 272 g/mol. The van der Waals surface area contributed by atoms with E-state index in [0.717, 1.165) is 11.9 Å². The van der Waals surface area contributed by atoms with Crippen molar-refractivity contribution in [1.82, 2.24) is 4.72 Å². The molecule has 0 amide bonds. The molecule has 0 bridgehead atoms. The lowest BCUT2D eigenvalue weighted by molar-refractivity contribution is 0.476. The van der Waals surface area contributed by atoms with E-state index in [1.165, 1.54) is 0 Å².